The molecule has 2 aromatic heterocycles. The van der Waals surface area contributed by atoms with Crippen LogP contribution in [0.1, 0.15) is 11.3 Å². The van der Waals surface area contributed by atoms with E-state index in [1.807, 2.05) is 23.5 Å². The highest BCUT2D eigenvalue weighted by molar-refractivity contribution is 7.26. The van der Waals surface area contributed by atoms with E-state index in [-0.39, 0.29) is 0 Å². The lowest BCUT2D eigenvalue weighted by atomic mass is 10.1. The van der Waals surface area contributed by atoms with Crippen LogP contribution in [0.2, 0.25) is 0 Å². The summed E-state index contributed by atoms with van der Waals surface area (Å²) in [6, 6.07) is 13.1. The highest BCUT2D eigenvalue weighted by Crippen LogP contribution is 2.39. The number of hydrogen-bond donors (Lipinski definition) is 1. The van der Waals surface area contributed by atoms with Crippen molar-refractivity contribution < 1.29 is 0 Å². The van der Waals surface area contributed by atoms with Gasteiger partial charge in [-0.2, -0.15) is 0 Å². The molecule has 102 valence electrons. The number of benzene rings is 2. The first-order valence-corrected chi connectivity index (χ1v) is 7.83. The Morgan fingerprint density at radius 2 is 1.86 bits per heavy atom. The fraction of sp³-hybridized carbons (Fsp3) is 0.0526. The number of aromatic nitrogens is 1. The zero-order chi connectivity index (χ0) is 14.4. The molecular formula is C19H15NS. The predicted octanol–water partition coefficient (Wildman–Crippen LogP) is 6.04. The average Bonchev–Trinajstić information content (AvgIpc) is 3.02. The molecule has 0 aliphatic heterocycles. The second kappa shape index (κ2) is 4.61. The van der Waals surface area contributed by atoms with Crippen LogP contribution >= 0.6 is 11.3 Å². The fourth-order valence-corrected chi connectivity index (χ4v) is 4.18. The molecule has 4 aromatic rings. The van der Waals surface area contributed by atoms with Crippen LogP contribution in [0.5, 0.6) is 0 Å². The minimum Gasteiger partial charge on any atom is -0.357 e. The first-order chi connectivity index (χ1) is 10.3. The smallest absolute Gasteiger partial charge is 0.0643 e. The highest BCUT2D eigenvalue weighted by Gasteiger charge is 2.12. The Morgan fingerprint density at radius 1 is 1.05 bits per heavy atom. The third-order valence-electron chi connectivity index (χ3n) is 3.95. The van der Waals surface area contributed by atoms with E-state index in [4.69, 9.17) is 0 Å². The summed E-state index contributed by atoms with van der Waals surface area (Å²) in [7, 11) is 0. The fourth-order valence-electron chi connectivity index (χ4n) is 2.97. The largest absolute Gasteiger partial charge is 0.357 e. The number of fused-ring (bicyclic) bond motifs is 5. The van der Waals surface area contributed by atoms with E-state index in [0.717, 1.165) is 0 Å². The van der Waals surface area contributed by atoms with Gasteiger partial charge >= 0.3 is 0 Å². The normalized spacial score (nSPS) is 12.0. The van der Waals surface area contributed by atoms with Gasteiger partial charge in [-0.15, -0.1) is 11.3 Å². The quantitative estimate of drug-likeness (QED) is 0.433. The molecule has 0 saturated carbocycles. The van der Waals surface area contributed by atoms with Gasteiger partial charge in [-0.3, -0.25) is 0 Å². The first-order valence-electron chi connectivity index (χ1n) is 7.01. The van der Waals surface area contributed by atoms with E-state index < -0.39 is 0 Å². The van der Waals surface area contributed by atoms with Gasteiger partial charge in [0.2, 0.25) is 0 Å². The number of rotatable bonds is 2. The molecule has 0 aliphatic carbocycles. The lowest BCUT2D eigenvalue weighted by Crippen LogP contribution is -1.73. The van der Waals surface area contributed by atoms with E-state index in [1.165, 1.54) is 42.3 Å². The SMILES string of the molecule is C=C/C=C\c1c(C)[nH]c2c1ccc1c3ccccc3sc12. The Kier molecular flexibility index (Phi) is 2.72. The molecule has 2 heterocycles. The van der Waals surface area contributed by atoms with E-state index in [9.17, 15) is 0 Å². The van der Waals surface area contributed by atoms with Crippen LogP contribution in [0.25, 0.3) is 37.2 Å². The number of aryl methyl sites for hydroxylation is 1. The molecule has 0 aliphatic rings. The predicted molar refractivity (Wildman–Crippen MR) is 95.2 cm³/mol. The second-order valence-electron chi connectivity index (χ2n) is 5.22. The Morgan fingerprint density at radius 3 is 2.71 bits per heavy atom. The molecule has 1 nitrogen and oxygen atoms in total. The molecule has 4 rings (SSSR count). The summed E-state index contributed by atoms with van der Waals surface area (Å²) >= 11 is 1.86. The Hall–Kier alpha value is -2.32. The number of H-pyrrole nitrogens is 1. The summed E-state index contributed by atoms with van der Waals surface area (Å²) in [5, 5.41) is 3.96. The molecule has 21 heavy (non-hydrogen) atoms. The molecule has 0 saturated heterocycles. The van der Waals surface area contributed by atoms with Gasteiger partial charge in [0, 0.05) is 32.1 Å². The zero-order valence-electron chi connectivity index (χ0n) is 11.8. The van der Waals surface area contributed by atoms with Crippen LogP contribution in [0.3, 0.4) is 0 Å². The van der Waals surface area contributed by atoms with Gasteiger partial charge in [0.05, 0.1) is 10.2 Å². The van der Waals surface area contributed by atoms with Crippen LogP contribution in [0, 0.1) is 6.92 Å². The van der Waals surface area contributed by atoms with Crippen LogP contribution < -0.4 is 0 Å². The van der Waals surface area contributed by atoms with Gasteiger partial charge in [-0.25, -0.2) is 0 Å². The highest BCUT2D eigenvalue weighted by atomic mass is 32.1. The lowest BCUT2D eigenvalue weighted by Gasteiger charge is -1.95. The summed E-state index contributed by atoms with van der Waals surface area (Å²) in [4.78, 5) is 3.56. The molecule has 0 amide bonds. The summed E-state index contributed by atoms with van der Waals surface area (Å²) in [6.45, 7) is 5.88. The molecule has 0 radical (unpaired) electrons. The Bertz CT molecular complexity index is 1010. The molecule has 0 spiro atoms. The maximum atomic E-state index is 3.75. The minimum atomic E-state index is 1.20. The number of allylic oxidation sites excluding steroid dienone is 2. The summed E-state index contributed by atoms with van der Waals surface area (Å²) in [6.07, 6.45) is 5.93. The number of hydrogen-bond acceptors (Lipinski definition) is 1. The van der Waals surface area contributed by atoms with Crippen molar-refractivity contribution in [1.29, 1.82) is 0 Å². The topological polar surface area (TPSA) is 15.8 Å². The zero-order valence-corrected chi connectivity index (χ0v) is 12.6. The number of thiophene rings is 1. The van der Waals surface area contributed by atoms with Crippen LogP contribution in [-0.2, 0) is 0 Å². The second-order valence-corrected chi connectivity index (χ2v) is 6.27. The molecule has 0 unspecified atom stereocenters. The average molecular weight is 289 g/mol. The molecular weight excluding hydrogens is 274 g/mol. The van der Waals surface area contributed by atoms with Gasteiger partial charge in [0.25, 0.3) is 0 Å². The van der Waals surface area contributed by atoms with Crippen molar-refractivity contribution in [2.75, 3.05) is 0 Å². The number of aromatic amines is 1. The van der Waals surface area contributed by atoms with Gasteiger partial charge in [-0.1, -0.05) is 55.1 Å². The van der Waals surface area contributed by atoms with E-state index >= 15 is 0 Å². The van der Waals surface area contributed by atoms with Gasteiger partial charge in [0.1, 0.15) is 0 Å². The van der Waals surface area contributed by atoms with Crippen molar-refractivity contribution in [1.82, 2.24) is 4.98 Å². The van der Waals surface area contributed by atoms with Gasteiger partial charge in [0.15, 0.2) is 0 Å². The Labute approximate surface area is 127 Å². The first kappa shape index (κ1) is 12.4. The third kappa shape index (κ3) is 1.76. The summed E-state index contributed by atoms with van der Waals surface area (Å²) in [5.41, 5.74) is 3.70. The van der Waals surface area contributed by atoms with Crippen LogP contribution in [0.15, 0.2) is 55.1 Å². The molecule has 1 N–H and O–H groups in total. The lowest BCUT2D eigenvalue weighted by molar-refractivity contribution is 1.30. The van der Waals surface area contributed by atoms with Crippen molar-refractivity contribution in [2.45, 2.75) is 6.92 Å². The van der Waals surface area contributed by atoms with Crippen molar-refractivity contribution in [3.05, 3.63) is 66.4 Å². The van der Waals surface area contributed by atoms with E-state index in [1.54, 1.807) is 0 Å². The molecule has 2 aromatic carbocycles. The van der Waals surface area contributed by atoms with Gasteiger partial charge in [-0.05, 0) is 13.0 Å². The molecule has 0 fully saturated rings. The Balaban J connectivity index is 2.15. The van der Waals surface area contributed by atoms with Crippen molar-refractivity contribution in [2.24, 2.45) is 0 Å². The van der Waals surface area contributed by atoms with Crippen LogP contribution in [-0.4, -0.2) is 4.98 Å². The van der Waals surface area contributed by atoms with Crippen LogP contribution in [0.4, 0.5) is 0 Å². The molecule has 0 bridgehead atoms. The standard InChI is InChI=1S/C19H15NS/c1-3-4-7-13-12(2)20-18-15(13)10-11-16-14-8-5-6-9-17(14)21-19(16)18/h3-11,20H,1H2,2H3/b7-4-. The molecule has 2 heteroatoms. The molecule has 0 atom stereocenters. The van der Waals surface area contributed by atoms with Gasteiger partial charge < -0.3 is 4.98 Å². The van der Waals surface area contributed by atoms with E-state index in [0.29, 0.717) is 0 Å². The van der Waals surface area contributed by atoms with Crippen molar-refractivity contribution in [3.63, 3.8) is 0 Å². The summed E-state index contributed by atoms with van der Waals surface area (Å²) in [5.74, 6) is 0. The van der Waals surface area contributed by atoms with Crippen molar-refractivity contribution >= 4 is 48.5 Å². The monoisotopic (exact) mass is 289 g/mol. The summed E-state index contributed by atoms with van der Waals surface area (Å²) < 4.78 is 2.69. The maximum absolute atomic E-state index is 3.75. The minimum absolute atomic E-state index is 1.20. The number of nitrogens with one attached hydrogen (secondary N) is 1. The maximum Gasteiger partial charge on any atom is 0.0643 e. The third-order valence-corrected chi connectivity index (χ3v) is 5.16. The van der Waals surface area contributed by atoms with Crippen molar-refractivity contribution in [3.8, 4) is 0 Å². The van der Waals surface area contributed by atoms with E-state index in [2.05, 4.69) is 61.0 Å².